The Morgan fingerprint density at radius 1 is 1.14 bits per heavy atom. The molecule has 1 aliphatic heterocycles. The summed E-state index contributed by atoms with van der Waals surface area (Å²) < 4.78 is 19.3. The minimum absolute atomic E-state index is 0.0190. The van der Waals surface area contributed by atoms with Crippen LogP contribution < -0.4 is 0 Å². The molecule has 37 heavy (non-hydrogen) atoms. The van der Waals surface area contributed by atoms with Gasteiger partial charge in [0.15, 0.2) is 5.54 Å². The number of aliphatic imine (C=N–C) groups is 1. The summed E-state index contributed by atoms with van der Waals surface area (Å²) in [5.41, 5.74) is 1.42. The van der Waals surface area contributed by atoms with Crippen molar-refractivity contribution < 1.29 is 13.9 Å². The van der Waals surface area contributed by atoms with Gasteiger partial charge in [0.2, 0.25) is 0 Å². The Balaban J connectivity index is 1.50. The standard InChI is InChI=1S/C31H42FN3O2/c1-5-18-31(30(36)37-4)28(35(22-33-31)21-24-10-7-6-8-11-24)19-23-14-16-25(17-15-23)29(34(2)3)26-12-9-13-27(32)20-26/h6-13,20,22-23,25,28-29H,5,14-19,21H2,1-4H3. The van der Waals surface area contributed by atoms with Crippen molar-refractivity contribution in [2.75, 3.05) is 21.2 Å². The Morgan fingerprint density at radius 2 is 1.86 bits per heavy atom. The molecule has 2 aromatic rings. The molecule has 1 aliphatic carbocycles. The predicted octanol–water partition coefficient (Wildman–Crippen LogP) is 6.25. The highest BCUT2D eigenvalue weighted by Gasteiger charge is 2.52. The SMILES string of the molecule is CCCC1(C(=O)OC)N=CN(Cc2ccccc2)C1CC1CCC(C(c2cccc(F)c2)N(C)C)CC1. The summed E-state index contributed by atoms with van der Waals surface area (Å²) >= 11 is 0. The summed E-state index contributed by atoms with van der Waals surface area (Å²) in [6, 6.07) is 17.6. The first-order valence-electron chi connectivity index (χ1n) is 13.7. The van der Waals surface area contributed by atoms with Crippen molar-refractivity contribution in [2.45, 2.75) is 76.0 Å². The van der Waals surface area contributed by atoms with Crippen LogP contribution >= 0.6 is 0 Å². The van der Waals surface area contributed by atoms with Gasteiger partial charge >= 0.3 is 5.97 Å². The molecule has 4 rings (SSSR count). The number of hydrogen-bond acceptors (Lipinski definition) is 5. The Morgan fingerprint density at radius 3 is 2.49 bits per heavy atom. The van der Waals surface area contributed by atoms with Crippen LogP contribution in [-0.4, -0.2) is 54.9 Å². The van der Waals surface area contributed by atoms with Crippen LogP contribution in [0, 0.1) is 17.7 Å². The second-order valence-electron chi connectivity index (χ2n) is 11.1. The van der Waals surface area contributed by atoms with Crippen LogP contribution in [0.2, 0.25) is 0 Å². The van der Waals surface area contributed by atoms with Gasteiger partial charge in [-0.2, -0.15) is 0 Å². The highest BCUT2D eigenvalue weighted by atomic mass is 19.1. The van der Waals surface area contributed by atoms with E-state index in [1.165, 1.54) is 18.7 Å². The van der Waals surface area contributed by atoms with Gasteiger partial charge in [0.25, 0.3) is 0 Å². The van der Waals surface area contributed by atoms with E-state index in [0.717, 1.165) is 50.6 Å². The second kappa shape index (κ2) is 12.2. The number of rotatable bonds is 10. The molecular weight excluding hydrogens is 465 g/mol. The van der Waals surface area contributed by atoms with Gasteiger partial charge in [-0.15, -0.1) is 0 Å². The highest BCUT2D eigenvalue weighted by molar-refractivity contribution is 5.86. The minimum Gasteiger partial charge on any atom is -0.467 e. The molecule has 0 amide bonds. The first kappa shape index (κ1) is 27.3. The zero-order valence-corrected chi connectivity index (χ0v) is 22.8. The first-order chi connectivity index (χ1) is 17.9. The third-order valence-electron chi connectivity index (χ3n) is 8.41. The molecule has 6 heteroatoms. The largest absolute Gasteiger partial charge is 0.467 e. The number of carbonyl (C=O) groups is 1. The van der Waals surface area contributed by atoms with E-state index in [1.54, 1.807) is 6.07 Å². The number of hydrogen-bond donors (Lipinski definition) is 0. The maximum atomic E-state index is 14.0. The molecule has 0 radical (unpaired) electrons. The lowest BCUT2D eigenvalue weighted by Gasteiger charge is -2.41. The molecule has 5 nitrogen and oxygen atoms in total. The van der Waals surface area contributed by atoms with Gasteiger partial charge in [-0.3, -0.25) is 4.99 Å². The lowest BCUT2D eigenvalue weighted by atomic mass is 9.72. The molecule has 0 saturated heterocycles. The van der Waals surface area contributed by atoms with Gasteiger partial charge in [-0.1, -0.05) is 68.7 Å². The maximum Gasteiger partial charge on any atom is 0.335 e. The number of benzene rings is 2. The van der Waals surface area contributed by atoms with Crippen LogP contribution in [0.15, 0.2) is 59.6 Å². The fourth-order valence-electron chi connectivity index (χ4n) is 6.71. The number of halogens is 1. The average molecular weight is 508 g/mol. The van der Waals surface area contributed by atoms with E-state index in [-0.39, 0.29) is 23.9 Å². The smallest absolute Gasteiger partial charge is 0.335 e. The van der Waals surface area contributed by atoms with Crippen LogP contribution in [-0.2, 0) is 16.1 Å². The summed E-state index contributed by atoms with van der Waals surface area (Å²) in [7, 11) is 5.66. The van der Waals surface area contributed by atoms with Crippen molar-refractivity contribution in [1.82, 2.24) is 9.80 Å². The fourth-order valence-corrected chi connectivity index (χ4v) is 6.71. The third kappa shape index (κ3) is 6.06. The van der Waals surface area contributed by atoms with Crippen molar-refractivity contribution in [3.63, 3.8) is 0 Å². The number of nitrogens with zero attached hydrogens (tertiary/aromatic N) is 3. The van der Waals surface area contributed by atoms with E-state index in [4.69, 9.17) is 9.73 Å². The molecule has 1 saturated carbocycles. The molecule has 1 fully saturated rings. The molecule has 3 unspecified atom stereocenters. The minimum atomic E-state index is -0.844. The molecular formula is C31H42FN3O2. The van der Waals surface area contributed by atoms with Gasteiger partial charge in [0.1, 0.15) is 5.82 Å². The molecule has 0 N–H and O–H groups in total. The molecule has 0 aromatic heterocycles. The first-order valence-corrected chi connectivity index (χ1v) is 13.7. The second-order valence-corrected chi connectivity index (χ2v) is 11.1. The highest BCUT2D eigenvalue weighted by Crippen LogP contribution is 2.44. The number of methoxy groups -OCH3 is 1. The quantitative estimate of drug-likeness (QED) is 0.357. The van der Waals surface area contributed by atoms with E-state index >= 15 is 0 Å². The van der Waals surface area contributed by atoms with E-state index in [0.29, 0.717) is 18.3 Å². The zero-order valence-electron chi connectivity index (χ0n) is 22.8. The van der Waals surface area contributed by atoms with E-state index in [2.05, 4.69) is 55.1 Å². The van der Waals surface area contributed by atoms with Crippen molar-refractivity contribution >= 4 is 12.3 Å². The van der Waals surface area contributed by atoms with Crippen LogP contribution in [0.5, 0.6) is 0 Å². The molecule has 3 atom stereocenters. The summed E-state index contributed by atoms with van der Waals surface area (Å²) in [4.78, 5) is 22.5. The van der Waals surface area contributed by atoms with Crippen molar-refractivity contribution in [3.05, 3.63) is 71.5 Å². The Bertz CT molecular complexity index is 1050. The molecule has 0 spiro atoms. The average Bonchev–Trinajstić information content (AvgIpc) is 3.22. The van der Waals surface area contributed by atoms with Crippen LogP contribution in [0.25, 0.3) is 0 Å². The lowest BCUT2D eigenvalue weighted by Crippen LogP contribution is -2.52. The van der Waals surface area contributed by atoms with Crippen molar-refractivity contribution in [2.24, 2.45) is 16.8 Å². The fraction of sp³-hybridized carbons (Fsp3) is 0.548. The van der Waals surface area contributed by atoms with Crippen LogP contribution in [0.1, 0.15) is 69.0 Å². The van der Waals surface area contributed by atoms with Gasteiger partial charge in [-0.25, -0.2) is 9.18 Å². The number of carbonyl (C=O) groups excluding carboxylic acids is 1. The topological polar surface area (TPSA) is 45.1 Å². The molecule has 1 heterocycles. The maximum absolute atomic E-state index is 14.0. The van der Waals surface area contributed by atoms with Crippen LogP contribution in [0.3, 0.4) is 0 Å². The normalized spacial score (nSPS) is 26.4. The van der Waals surface area contributed by atoms with E-state index in [1.807, 2.05) is 24.5 Å². The zero-order chi connectivity index (χ0) is 26.4. The van der Waals surface area contributed by atoms with Gasteiger partial charge in [0, 0.05) is 12.6 Å². The molecule has 0 bridgehead atoms. The van der Waals surface area contributed by atoms with Crippen LogP contribution in [0.4, 0.5) is 4.39 Å². The Hall–Kier alpha value is -2.73. The number of ether oxygens (including phenoxy) is 1. The van der Waals surface area contributed by atoms with Gasteiger partial charge < -0.3 is 14.5 Å². The van der Waals surface area contributed by atoms with E-state index < -0.39 is 5.54 Å². The third-order valence-corrected chi connectivity index (χ3v) is 8.41. The summed E-state index contributed by atoms with van der Waals surface area (Å²) in [5.74, 6) is 0.596. The van der Waals surface area contributed by atoms with Crippen molar-refractivity contribution in [1.29, 1.82) is 0 Å². The van der Waals surface area contributed by atoms with Gasteiger partial charge in [-0.05, 0) is 74.9 Å². The summed E-state index contributed by atoms with van der Waals surface area (Å²) in [5, 5.41) is 0. The lowest BCUT2D eigenvalue weighted by molar-refractivity contribution is -0.149. The van der Waals surface area contributed by atoms with Gasteiger partial charge in [0.05, 0.1) is 19.5 Å². The van der Waals surface area contributed by atoms with E-state index in [9.17, 15) is 9.18 Å². The number of esters is 1. The molecule has 2 aromatic carbocycles. The monoisotopic (exact) mass is 507 g/mol. The molecule has 200 valence electrons. The Kier molecular flexibility index (Phi) is 9.01. The summed E-state index contributed by atoms with van der Waals surface area (Å²) in [6.45, 7) is 2.84. The molecule has 2 aliphatic rings. The Labute approximate surface area is 221 Å². The summed E-state index contributed by atoms with van der Waals surface area (Å²) in [6.07, 6.45) is 8.75. The van der Waals surface area contributed by atoms with Crippen molar-refractivity contribution in [3.8, 4) is 0 Å². The predicted molar refractivity (Wildman–Crippen MR) is 147 cm³/mol.